The van der Waals surface area contributed by atoms with Crippen molar-refractivity contribution in [1.29, 1.82) is 0 Å². The molecule has 8 atom stereocenters. The zero-order valence-corrected chi connectivity index (χ0v) is 34.8. The lowest BCUT2D eigenvalue weighted by molar-refractivity contribution is -0.216. The molecule has 322 valence electrons. The molecular formula is C41H52O16P2. The van der Waals surface area contributed by atoms with Gasteiger partial charge in [0.25, 0.3) is 0 Å². The molecule has 7 N–H and O–H groups in total. The third-order valence-corrected chi connectivity index (χ3v) is 9.65. The van der Waals surface area contributed by atoms with Crippen LogP contribution in [0, 0.1) is 82.9 Å². The van der Waals surface area contributed by atoms with Crippen molar-refractivity contribution in [3.8, 4) is 82.9 Å². The highest BCUT2D eigenvalue weighted by atomic mass is 31.2. The van der Waals surface area contributed by atoms with Gasteiger partial charge in [-0.2, -0.15) is 0 Å². The van der Waals surface area contributed by atoms with Gasteiger partial charge in [0.2, 0.25) is 0 Å². The SMILES string of the molecule is CC#CC#CC#CC#CC#CC#CC#CC(=O)OC[C@H](COP(=O)(O)OC1C(O)[C@@H](OP(=O)(O)O)C(O)[C@@H](O)[C@H]1O)OC(=O)CCCCCCCCCCCCCCC. The number of phosphoric ester groups is 2. The number of hydrogen-bond acceptors (Lipinski definition) is 13. The number of aliphatic hydroxyl groups is 4. The summed E-state index contributed by atoms with van der Waals surface area (Å²) in [5.41, 5.74) is 0. The van der Waals surface area contributed by atoms with E-state index >= 15 is 0 Å². The van der Waals surface area contributed by atoms with Crippen molar-refractivity contribution < 1.29 is 76.9 Å². The molecule has 1 fully saturated rings. The van der Waals surface area contributed by atoms with Crippen molar-refractivity contribution in [3.63, 3.8) is 0 Å². The number of carbonyl (C=O) groups excluding carboxylic acids is 2. The minimum absolute atomic E-state index is 0.0350. The van der Waals surface area contributed by atoms with Gasteiger partial charge in [-0.1, -0.05) is 89.9 Å². The van der Waals surface area contributed by atoms with Gasteiger partial charge in [-0.15, -0.1) is 0 Å². The summed E-state index contributed by atoms with van der Waals surface area (Å²) in [7, 11) is -10.8. The average Bonchev–Trinajstić information content (AvgIpc) is 3.18. The Hall–Kier alpha value is -4.08. The number of rotatable bonds is 24. The first-order chi connectivity index (χ1) is 28.1. The predicted molar refractivity (Wildman–Crippen MR) is 213 cm³/mol. The predicted octanol–water partition coefficient (Wildman–Crippen LogP) is 2.40. The van der Waals surface area contributed by atoms with Crippen molar-refractivity contribution in [1.82, 2.24) is 0 Å². The maximum absolute atomic E-state index is 12.9. The second-order valence-corrected chi connectivity index (χ2v) is 15.5. The summed E-state index contributed by atoms with van der Waals surface area (Å²) in [4.78, 5) is 53.5. The van der Waals surface area contributed by atoms with Gasteiger partial charge < -0.3 is 44.6 Å². The first-order valence-corrected chi connectivity index (χ1v) is 22.0. The Morgan fingerprint density at radius 3 is 1.49 bits per heavy atom. The van der Waals surface area contributed by atoms with E-state index in [1.165, 1.54) is 44.9 Å². The van der Waals surface area contributed by atoms with Gasteiger partial charge in [-0.25, -0.2) is 13.9 Å². The van der Waals surface area contributed by atoms with E-state index in [0.29, 0.717) is 6.42 Å². The van der Waals surface area contributed by atoms with Crippen LogP contribution in [0.2, 0.25) is 0 Å². The monoisotopic (exact) mass is 862 g/mol. The molecule has 0 amide bonds. The first-order valence-electron chi connectivity index (χ1n) is 19.0. The normalized spacial score (nSPS) is 20.6. The van der Waals surface area contributed by atoms with Gasteiger partial charge in [0.1, 0.15) is 43.2 Å². The van der Waals surface area contributed by atoms with Crippen LogP contribution in [0.25, 0.3) is 0 Å². The van der Waals surface area contributed by atoms with E-state index in [4.69, 9.17) is 28.3 Å². The minimum atomic E-state index is -5.39. The van der Waals surface area contributed by atoms with E-state index in [0.717, 1.165) is 32.1 Å². The van der Waals surface area contributed by atoms with Crippen LogP contribution in [0.1, 0.15) is 104 Å². The molecule has 0 bridgehead atoms. The summed E-state index contributed by atoms with van der Waals surface area (Å²) in [6, 6.07) is 0. The number of aliphatic hydroxyl groups excluding tert-OH is 4. The van der Waals surface area contributed by atoms with Gasteiger partial charge in [0.05, 0.1) is 6.61 Å². The van der Waals surface area contributed by atoms with Crippen molar-refractivity contribution in [2.75, 3.05) is 13.2 Å². The molecule has 1 saturated carbocycles. The molecule has 0 heterocycles. The van der Waals surface area contributed by atoms with Crippen molar-refractivity contribution in [3.05, 3.63) is 0 Å². The highest BCUT2D eigenvalue weighted by Gasteiger charge is 2.54. The van der Waals surface area contributed by atoms with Crippen LogP contribution in [-0.4, -0.2) is 103 Å². The molecule has 0 spiro atoms. The largest absolute Gasteiger partial charge is 0.472 e. The van der Waals surface area contributed by atoms with Gasteiger partial charge in [-0.3, -0.25) is 18.4 Å². The molecule has 0 aromatic carbocycles. The Morgan fingerprint density at radius 1 is 0.576 bits per heavy atom. The summed E-state index contributed by atoms with van der Waals surface area (Å²) < 4.78 is 48.5. The number of ether oxygens (including phenoxy) is 2. The maximum atomic E-state index is 12.9. The lowest BCUT2D eigenvalue weighted by Crippen LogP contribution is -2.64. The zero-order chi connectivity index (χ0) is 43.9. The molecule has 1 rings (SSSR count). The minimum Gasteiger partial charge on any atom is -0.456 e. The molecule has 0 aliphatic heterocycles. The third kappa shape index (κ3) is 25.9. The average molecular weight is 863 g/mol. The van der Waals surface area contributed by atoms with Crippen LogP contribution in [0.4, 0.5) is 0 Å². The van der Waals surface area contributed by atoms with Crippen LogP contribution in [-0.2, 0) is 41.8 Å². The fraction of sp³-hybridized carbons (Fsp3) is 0.610. The van der Waals surface area contributed by atoms with Crippen molar-refractivity contribution in [2.45, 2.75) is 146 Å². The molecule has 0 aromatic heterocycles. The number of phosphoric acid groups is 2. The summed E-state index contributed by atoms with van der Waals surface area (Å²) in [5.74, 6) is 31.5. The molecule has 4 unspecified atom stereocenters. The second-order valence-electron chi connectivity index (χ2n) is 12.9. The Morgan fingerprint density at radius 2 is 1.02 bits per heavy atom. The topological polar surface area (TPSA) is 256 Å². The fourth-order valence-corrected chi connectivity index (χ4v) is 6.80. The summed E-state index contributed by atoms with van der Waals surface area (Å²) >= 11 is 0. The second kappa shape index (κ2) is 30.9. The van der Waals surface area contributed by atoms with Crippen molar-refractivity contribution >= 4 is 27.6 Å². The fourth-order valence-electron chi connectivity index (χ4n) is 5.26. The van der Waals surface area contributed by atoms with Crippen molar-refractivity contribution in [2.24, 2.45) is 0 Å². The molecule has 18 heteroatoms. The Labute approximate surface area is 346 Å². The first kappa shape index (κ1) is 52.9. The van der Waals surface area contributed by atoms with Gasteiger partial charge in [0.15, 0.2) is 6.10 Å². The molecule has 0 radical (unpaired) electrons. The number of esters is 2. The highest BCUT2D eigenvalue weighted by Crippen LogP contribution is 2.49. The maximum Gasteiger partial charge on any atom is 0.472 e. The van der Waals surface area contributed by atoms with E-state index in [9.17, 15) is 44.0 Å². The van der Waals surface area contributed by atoms with Gasteiger partial charge >= 0.3 is 27.6 Å². The number of carbonyl (C=O) groups is 2. The Bertz CT molecular complexity index is 1880. The zero-order valence-electron chi connectivity index (χ0n) is 33.1. The van der Waals surface area contributed by atoms with Crippen LogP contribution in [0.5, 0.6) is 0 Å². The molecule has 1 aliphatic carbocycles. The Kier molecular flexibility index (Phi) is 27.7. The van der Waals surface area contributed by atoms with E-state index in [2.05, 4.69) is 94.3 Å². The molecular weight excluding hydrogens is 810 g/mol. The van der Waals surface area contributed by atoms with Crippen LogP contribution < -0.4 is 0 Å². The van der Waals surface area contributed by atoms with E-state index in [1.807, 2.05) is 0 Å². The van der Waals surface area contributed by atoms with Crippen LogP contribution in [0.15, 0.2) is 0 Å². The van der Waals surface area contributed by atoms with Gasteiger partial charge in [-0.05, 0) is 84.4 Å². The molecule has 0 aromatic rings. The van der Waals surface area contributed by atoms with E-state index in [-0.39, 0.29) is 6.42 Å². The van der Waals surface area contributed by atoms with Crippen LogP contribution in [0.3, 0.4) is 0 Å². The molecule has 59 heavy (non-hydrogen) atoms. The van der Waals surface area contributed by atoms with Crippen LogP contribution >= 0.6 is 15.6 Å². The van der Waals surface area contributed by atoms with Gasteiger partial charge in [0, 0.05) is 12.3 Å². The standard InChI is InChI=1S/C41H52O16P2/c1-3-5-7-9-11-13-15-17-19-21-23-25-27-29-34(42)53-31-33(55-35(43)30-28-26-24-22-20-18-16-14-12-10-8-6-4-2)32-54-59(51,52)57-41-38(46)36(44)37(45)40(39(41)47)56-58(48,49)50/h33,36-41,44-47H,4,6,8,10,12,14,16,18,20,22,24,26,28,30-32H2,1-2H3,(H,51,52)(H2,48,49,50)/t33-,36-,37?,38-,39?,40+,41?/m1/s1. The summed E-state index contributed by atoms with van der Waals surface area (Å²) in [6.07, 6.45) is -1.12. The summed E-state index contributed by atoms with van der Waals surface area (Å²) in [5, 5.41) is 41.0. The van der Waals surface area contributed by atoms with E-state index < -0.39 is 83.5 Å². The lowest BCUT2D eigenvalue weighted by atomic mass is 9.85. The third-order valence-electron chi connectivity index (χ3n) is 8.14. The molecule has 1 aliphatic rings. The molecule has 0 saturated heterocycles. The Balaban J connectivity index is 2.84. The van der Waals surface area contributed by atoms with E-state index in [1.54, 1.807) is 6.92 Å². The smallest absolute Gasteiger partial charge is 0.456 e. The highest BCUT2D eigenvalue weighted by molar-refractivity contribution is 7.47. The lowest BCUT2D eigenvalue weighted by Gasteiger charge is -2.43. The summed E-state index contributed by atoms with van der Waals surface area (Å²) in [6.45, 7) is 2.15. The molecule has 16 nitrogen and oxygen atoms in total. The number of hydrogen-bond donors (Lipinski definition) is 7. The quantitative estimate of drug-likeness (QED) is 0.0242. The number of unbranched alkanes of at least 4 members (excludes halogenated alkanes) is 12.